The van der Waals surface area contributed by atoms with Crippen molar-refractivity contribution in [3.63, 3.8) is 0 Å². The predicted octanol–water partition coefficient (Wildman–Crippen LogP) is 4.59. The van der Waals surface area contributed by atoms with E-state index in [9.17, 15) is 9.18 Å². The number of amides is 1. The molecule has 160 valence electrons. The van der Waals surface area contributed by atoms with Crippen LogP contribution in [0, 0.1) is 19.7 Å². The van der Waals surface area contributed by atoms with Crippen molar-refractivity contribution in [2.45, 2.75) is 13.8 Å². The summed E-state index contributed by atoms with van der Waals surface area (Å²) < 4.78 is 14.1. The van der Waals surface area contributed by atoms with Gasteiger partial charge in [0.05, 0.1) is 10.6 Å². The van der Waals surface area contributed by atoms with E-state index in [1.807, 2.05) is 44.2 Å². The Hall–Kier alpha value is -3.19. The predicted molar refractivity (Wildman–Crippen MR) is 121 cm³/mol. The minimum atomic E-state index is -0.599. The molecule has 1 N–H and O–H groups in total. The van der Waals surface area contributed by atoms with Crippen LogP contribution in [0.3, 0.4) is 0 Å². The van der Waals surface area contributed by atoms with Gasteiger partial charge in [0.2, 0.25) is 0 Å². The second-order valence-electron chi connectivity index (χ2n) is 7.53. The fourth-order valence-electron chi connectivity index (χ4n) is 3.56. The Balaban J connectivity index is 1.45. The molecule has 1 aromatic heterocycles. The molecular formula is C23H23ClFN5O. The van der Waals surface area contributed by atoms with Crippen molar-refractivity contribution in [2.75, 3.05) is 36.4 Å². The summed E-state index contributed by atoms with van der Waals surface area (Å²) >= 11 is 6.06. The van der Waals surface area contributed by atoms with Gasteiger partial charge in [0, 0.05) is 37.9 Å². The Kier molecular flexibility index (Phi) is 6.04. The summed E-state index contributed by atoms with van der Waals surface area (Å²) in [4.78, 5) is 25.5. The highest BCUT2D eigenvalue weighted by molar-refractivity contribution is 6.33. The molecule has 0 aliphatic carbocycles. The molecule has 8 heteroatoms. The van der Waals surface area contributed by atoms with Gasteiger partial charge < -0.3 is 15.1 Å². The Bertz CT molecular complexity index is 1080. The molecule has 0 saturated carbocycles. The maximum atomic E-state index is 14.1. The van der Waals surface area contributed by atoms with Gasteiger partial charge in [-0.05, 0) is 38.1 Å². The van der Waals surface area contributed by atoms with Crippen molar-refractivity contribution < 1.29 is 9.18 Å². The zero-order valence-corrected chi connectivity index (χ0v) is 18.2. The van der Waals surface area contributed by atoms with Crippen LogP contribution in [0.25, 0.3) is 0 Å². The number of nitrogens with one attached hydrogen (secondary N) is 1. The highest BCUT2D eigenvalue weighted by Crippen LogP contribution is 2.24. The number of hydrogen-bond acceptors (Lipinski definition) is 5. The number of piperazine rings is 1. The third kappa shape index (κ3) is 4.77. The maximum absolute atomic E-state index is 14.1. The average molecular weight is 440 g/mol. The lowest BCUT2D eigenvalue weighted by molar-refractivity contribution is 0.0742. The lowest BCUT2D eigenvalue weighted by Crippen LogP contribution is -2.49. The monoisotopic (exact) mass is 439 g/mol. The summed E-state index contributed by atoms with van der Waals surface area (Å²) in [6.07, 6.45) is 0. The fourth-order valence-corrected chi connectivity index (χ4v) is 3.81. The minimum Gasteiger partial charge on any atom is -0.353 e. The van der Waals surface area contributed by atoms with Gasteiger partial charge in [-0.2, -0.15) is 0 Å². The lowest BCUT2D eigenvalue weighted by Gasteiger charge is -2.35. The zero-order valence-electron chi connectivity index (χ0n) is 17.4. The van der Waals surface area contributed by atoms with Crippen LogP contribution in [0.5, 0.6) is 0 Å². The van der Waals surface area contributed by atoms with Crippen LogP contribution in [0.4, 0.5) is 21.7 Å². The standard InChI is InChI=1S/C23H23ClFN5O/c1-15-6-8-17(9-7-15)28-20-14-21(27-16(2)26-20)29-10-12-30(13-11-29)23(31)22-18(24)4-3-5-19(22)25/h3-9,14H,10-13H2,1-2H3,(H,26,27,28). The fraction of sp³-hybridized carbons (Fsp3) is 0.261. The molecule has 0 atom stereocenters. The second-order valence-corrected chi connectivity index (χ2v) is 7.93. The van der Waals surface area contributed by atoms with E-state index >= 15 is 0 Å². The molecule has 0 unspecified atom stereocenters. The molecular weight excluding hydrogens is 417 g/mol. The Morgan fingerprint density at radius 1 is 1.03 bits per heavy atom. The summed E-state index contributed by atoms with van der Waals surface area (Å²) in [5.74, 6) is 1.17. The van der Waals surface area contributed by atoms with Gasteiger partial charge in [0.15, 0.2) is 0 Å². The highest BCUT2D eigenvalue weighted by atomic mass is 35.5. The molecule has 1 aliphatic rings. The van der Waals surface area contributed by atoms with Crippen LogP contribution in [0.2, 0.25) is 5.02 Å². The molecule has 4 rings (SSSR count). The number of anilines is 3. The first-order valence-corrected chi connectivity index (χ1v) is 10.5. The molecule has 2 aromatic carbocycles. The normalized spacial score (nSPS) is 13.9. The van der Waals surface area contributed by atoms with Crippen LogP contribution in [-0.2, 0) is 0 Å². The molecule has 2 heterocycles. The number of hydrogen-bond donors (Lipinski definition) is 1. The summed E-state index contributed by atoms with van der Waals surface area (Å²) in [6.45, 7) is 5.96. The van der Waals surface area contributed by atoms with Crippen molar-refractivity contribution in [3.8, 4) is 0 Å². The molecule has 1 saturated heterocycles. The molecule has 0 radical (unpaired) electrons. The molecule has 6 nitrogen and oxygen atoms in total. The molecule has 0 bridgehead atoms. The molecule has 1 fully saturated rings. The Labute approximate surface area is 185 Å². The second kappa shape index (κ2) is 8.89. The van der Waals surface area contributed by atoms with Crippen LogP contribution < -0.4 is 10.2 Å². The number of halogens is 2. The third-order valence-electron chi connectivity index (χ3n) is 5.22. The van der Waals surface area contributed by atoms with Crippen molar-refractivity contribution in [1.82, 2.24) is 14.9 Å². The van der Waals surface area contributed by atoms with Crippen LogP contribution >= 0.6 is 11.6 Å². The first kappa shape index (κ1) is 21.1. The quantitative estimate of drug-likeness (QED) is 0.644. The topological polar surface area (TPSA) is 61.4 Å². The number of carbonyl (C=O) groups excluding carboxylic acids is 1. The SMILES string of the molecule is Cc1ccc(Nc2cc(N3CCN(C(=O)c4c(F)cccc4Cl)CC3)nc(C)n2)cc1. The number of benzene rings is 2. The van der Waals surface area contributed by atoms with Crippen molar-refractivity contribution in [3.05, 3.63) is 76.3 Å². The number of nitrogens with zero attached hydrogens (tertiary/aromatic N) is 4. The van der Waals surface area contributed by atoms with E-state index in [-0.39, 0.29) is 16.5 Å². The van der Waals surface area contributed by atoms with Crippen LogP contribution in [0.15, 0.2) is 48.5 Å². The number of aromatic nitrogens is 2. The summed E-state index contributed by atoms with van der Waals surface area (Å²) in [6, 6.07) is 14.3. The molecule has 0 spiro atoms. The summed E-state index contributed by atoms with van der Waals surface area (Å²) in [7, 11) is 0. The molecule has 1 aliphatic heterocycles. The number of carbonyl (C=O) groups is 1. The zero-order chi connectivity index (χ0) is 22.0. The van der Waals surface area contributed by atoms with Gasteiger partial charge in [-0.15, -0.1) is 0 Å². The largest absolute Gasteiger partial charge is 0.353 e. The molecule has 1 amide bonds. The first-order chi connectivity index (χ1) is 14.9. The van der Waals surface area contributed by atoms with Gasteiger partial charge in [-0.25, -0.2) is 14.4 Å². The van der Waals surface area contributed by atoms with E-state index in [1.165, 1.54) is 23.8 Å². The molecule has 3 aromatic rings. The summed E-state index contributed by atoms with van der Waals surface area (Å²) in [5.41, 5.74) is 2.07. The lowest BCUT2D eigenvalue weighted by atomic mass is 10.1. The van der Waals surface area contributed by atoms with E-state index in [4.69, 9.17) is 11.6 Å². The van der Waals surface area contributed by atoms with Crippen LogP contribution in [-0.4, -0.2) is 47.0 Å². The van der Waals surface area contributed by atoms with Gasteiger partial charge in [0.1, 0.15) is 23.3 Å². The molecule has 31 heavy (non-hydrogen) atoms. The maximum Gasteiger partial charge on any atom is 0.258 e. The van der Waals surface area contributed by atoms with E-state index in [2.05, 4.69) is 20.2 Å². The number of rotatable bonds is 4. The summed E-state index contributed by atoms with van der Waals surface area (Å²) in [5, 5.41) is 3.44. The van der Waals surface area contributed by atoms with Gasteiger partial charge >= 0.3 is 0 Å². The van der Waals surface area contributed by atoms with Gasteiger partial charge in [-0.3, -0.25) is 4.79 Å². The van der Waals surface area contributed by atoms with Crippen molar-refractivity contribution >= 4 is 34.8 Å². The number of aryl methyl sites for hydroxylation is 2. The van der Waals surface area contributed by atoms with Crippen LogP contribution in [0.1, 0.15) is 21.7 Å². The van der Waals surface area contributed by atoms with Gasteiger partial charge in [-0.1, -0.05) is 35.4 Å². The van der Waals surface area contributed by atoms with E-state index in [0.717, 1.165) is 11.5 Å². The minimum absolute atomic E-state index is 0.0694. The van der Waals surface area contributed by atoms with Gasteiger partial charge in [0.25, 0.3) is 5.91 Å². The van der Waals surface area contributed by atoms with E-state index in [1.54, 1.807) is 4.90 Å². The third-order valence-corrected chi connectivity index (χ3v) is 5.53. The van der Waals surface area contributed by atoms with Crippen molar-refractivity contribution in [2.24, 2.45) is 0 Å². The Morgan fingerprint density at radius 3 is 2.42 bits per heavy atom. The first-order valence-electron chi connectivity index (χ1n) is 10.1. The highest BCUT2D eigenvalue weighted by Gasteiger charge is 2.26. The van der Waals surface area contributed by atoms with Crippen molar-refractivity contribution in [1.29, 1.82) is 0 Å². The van der Waals surface area contributed by atoms with E-state index < -0.39 is 5.82 Å². The smallest absolute Gasteiger partial charge is 0.258 e. The Morgan fingerprint density at radius 2 is 1.74 bits per heavy atom. The average Bonchev–Trinajstić information content (AvgIpc) is 2.75. The van der Waals surface area contributed by atoms with E-state index in [0.29, 0.717) is 37.8 Å².